The first kappa shape index (κ1) is 14.3. The molecule has 0 radical (unpaired) electrons. The number of hydrogen-bond donors (Lipinski definition) is 2. The molecule has 1 fully saturated rings. The first-order valence-corrected chi connectivity index (χ1v) is 6.63. The summed E-state index contributed by atoms with van der Waals surface area (Å²) in [5.41, 5.74) is -0.108. The van der Waals surface area contributed by atoms with Gasteiger partial charge in [0.15, 0.2) is 0 Å². The van der Waals surface area contributed by atoms with Gasteiger partial charge in [-0.3, -0.25) is 4.79 Å². The molecule has 0 aliphatic heterocycles. The number of hydrogen-bond acceptors (Lipinski definition) is 3. The molecule has 19 heavy (non-hydrogen) atoms. The molecule has 0 heterocycles. The summed E-state index contributed by atoms with van der Waals surface area (Å²) in [6.45, 7) is 4.06. The average molecular weight is 283 g/mol. The van der Waals surface area contributed by atoms with E-state index in [4.69, 9.17) is 4.74 Å². The minimum absolute atomic E-state index is 0.00655. The summed E-state index contributed by atoms with van der Waals surface area (Å²) in [6.07, 6.45) is 0.871. The molecule has 0 aromatic heterocycles. The van der Waals surface area contributed by atoms with Crippen molar-refractivity contribution in [3.63, 3.8) is 0 Å². The lowest BCUT2D eigenvalue weighted by atomic mass is 9.64. The monoisotopic (exact) mass is 283 g/mol. The van der Waals surface area contributed by atoms with Crippen LogP contribution in [-0.4, -0.2) is 25.2 Å². The minimum Gasteiger partial charge on any atom is -0.381 e. The molecule has 2 atom stereocenters. The normalized spacial score (nSPS) is 24.7. The molecule has 1 aliphatic rings. The number of nitrogens with one attached hydrogen (secondary N) is 1. The van der Waals surface area contributed by atoms with Crippen molar-refractivity contribution in [3.8, 4) is 0 Å². The Kier molecular flexibility index (Phi) is 3.87. The van der Waals surface area contributed by atoms with Gasteiger partial charge in [0.2, 0.25) is 0 Å². The summed E-state index contributed by atoms with van der Waals surface area (Å²) >= 11 is 4.12. The zero-order chi connectivity index (χ0) is 14.2. The van der Waals surface area contributed by atoms with Gasteiger partial charge in [0.05, 0.1) is 11.7 Å². The van der Waals surface area contributed by atoms with Crippen molar-refractivity contribution in [3.05, 3.63) is 29.6 Å². The van der Waals surface area contributed by atoms with Crippen molar-refractivity contribution in [1.29, 1.82) is 0 Å². The predicted molar refractivity (Wildman–Crippen MR) is 74.1 cm³/mol. The number of carbonyl (C=O) groups is 1. The van der Waals surface area contributed by atoms with Gasteiger partial charge in [-0.2, -0.15) is 0 Å². The van der Waals surface area contributed by atoms with Gasteiger partial charge in [-0.1, -0.05) is 13.8 Å². The molecule has 0 bridgehead atoms. The minimum atomic E-state index is -0.532. The van der Waals surface area contributed by atoms with E-state index in [2.05, 4.69) is 17.9 Å². The molecule has 1 aromatic rings. The largest absolute Gasteiger partial charge is 0.381 e. The Morgan fingerprint density at radius 2 is 2.21 bits per heavy atom. The molecule has 3 nitrogen and oxygen atoms in total. The van der Waals surface area contributed by atoms with Gasteiger partial charge < -0.3 is 10.1 Å². The molecule has 2 rings (SSSR count). The second-order valence-electron chi connectivity index (χ2n) is 5.47. The zero-order valence-corrected chi connectivity index (χ0v) is 12.1. The zero-order valence-electron chi connectivity index (χ0n) is 11.2. The van der Waals surface area contributed by atoms with Gasteiger partial charge in [0.25, 0.3) is 5.91 Å². The molecule has 0 spiro atoms. The Morgan fingerprint density at radius 3 is 2.79 bits per heavy atom. The molecule has 1 aliphatic carbocycles. The van der Waals surface area contributed by atoms with Crippen molar-refractivity contribution >= 4 is 18.5 Å². The van der Waals surface area contributed by atoms with Gasteiger partial charge >= 0.3 is 0 Å². The fraction of sp³-hybridized carbons (Fsp3) is 0.500. The second kappa shape index (κ2) is 5.13. The van der Waals surface area contributed by atoms with Crippen LogP contribution in [0.4, 0.5) is 4.39 Å². The number of amides is 1. The molecular formula is C14H18FNO2S. The average Bonchev–Trinajstić information content (AvgIpc) is 2.36. The van der Waals surface area contributed by atoms with Crippen LogP contribution in [0.1, 0.15) is 30.6 Å². The molecule has 0 saturated heterocycles. The molecule has 1 N–H and O–H groups in total. The SMILES string of the molecule is COC1CC(NC(=O)c2cc(S)ccc2F)C1(C)C. The maximum absolute atomic E-state index is 13.6. The Balaban J connectivity index is 2.09. The van der Waals surface area contributed by atoms with E-state index in [1.165, 1.54) is 18.2 Å². The topological polar surface area (TPSA) is 38.3 Å². The van der Waals surface area contributed by atoms with Crippen LogP contribution in [0.25, 0.3) is 0 Å². The number of ether oxygens (including phenoxy) is 1. The van der Waals surface area contributed by atoms with E-state index < -0.39 is 11.7 Å². The third kappa shape index (κ3) is 2.62. The highest BCUT2D eigenvalue weighted by Gasteiger charge is 2.49. The number of benzene rings is 1. The number of rotatable bonds is 3. The molecule has 2 unspecified atom stereocenters. The highest BCUT2D eigenvalue weighted by molar-refractivity contribution is 7.80. The van der Waals surface area contributed by atoms with Gasteiger partial charge in [-0.15, -0.1) is 12.6 Å². The highest BCUT2D eigenvalue weighted by atomic mass is 32.1. The summed E-state index contributed by atoms with van der Waals surface area (Å²) in [5.74, 6) is -0.934. The first-order valence-electron chi connectivity index (χ1n) is 6.18. The summed E-state index contributed by atoms with van der Waals surface area (Å²) < 4.78 is 18.9. The van der Waals surface area contributed by atoms with E-state index in [0.717, 1.165) is 6.42 Å². The maximum atomic E-state index is 13.6. The molecule has 104 valence electrons. The molecule has 5 heteroatoms. The van der Waals surface area contributed by atoms with Crippen LogP contribution < -0.4 is 5.32 Å². The Hall–Kier alpha value is -1.07. The van der Waals surface area contributed by atoms with Crippen LogP contribution in [0, 0.1) is 11.2 Å². The van der Waals surface area contributed by atoms with Crippen molar-refractivity contribution < 1.29 is 13.9 Å². The quantitative estimate of drug-likeness (QED) is 0.837. The fourth-order valence-corrected chi connectivity index (χ4v) is 2.66. The van der Waals surface area contributed by atoms with Crippen LogP contribution in [0.15, 0.2) is 23.1 Å². The van der Waals surface area contributed by atoms with Crippen LogP contribution in [0.3, 0.4) is 0 Å². The number of thiol groups is 1. The van der Waals surface area contributed by atoms with Crippen molar-refractivity contribution in [2.45, 2.75) is 37.3 Å². The van der Waals surface area contributed by atoms with Gasteiger partial charge in [-0.25, -0.2) is 4.39 Å². The first-order chi connectivity index (χ1) is 8.86. The van der Waals surface area contributed by atoms with E-state index in [9.17, 15) is 9.18 Å². The second-order valence-corrected chi connectivity index (χ2v) is 5.99. The van der Waals surface area contributed by atoms with E-state index in [1.807, 2.05) is 13.8 Å². The number of methoxy groups -OCH3 is 1. The van der Waals surface area contributed by atoms with Crippen molar-refractivity contribution in [1.82, 2.24) is 5.32 Å². The summed E-state index contributed by atoms with van der Waals surface area (Å²) in [6, 6.07) is 4.20. The number of halogens is 1. The van der Waals surface area contributed by atoms with Gasteiger partial charge in [-0.05, 0) is 24.6 Å². The van der Waals surface area contributed by atoms with Gasteiger partial charge in [0, 0.05) is 23.5 Å². The molecule has 1 amide bonds. The fourth-order valence-electron chi connectivity index (χ4n) is 2.45. The van der Waals surface area contributed by atoms with E-state index >= 15 is 0 Å². The molecular weight excluding hydrogens is 265 g/mol. The Bertz CT molecular complexity index is 504. The molecule has 1 aromatic carbocycles. The summed E-state index contributed by atoms with van der Waals surface area (Å²) in [7, 11) is 1.66. The third-order valence-electron chi connectivity index (χ3n) is 3.96. The lowest BCUT2D eigenvalue weighted by Crippen LogP contribution is -2.61. The number of carbonyl (C=O) groups excluding carboxylic acids is 1. The van der Waals surface area contributed by atoms with Crippen molar-refractivity contribution in [2.24, 2.45) is 5.41 Å². The Labute approximate surface area is 117 Å². The summed E-state index contributed by atoms with van der Waals surface area (Å²) in [4.78, 5) is 12.6. The maximum Gasteiger partial charge on any atom is 0.254 e. The van der Waals surface area contributed by atoms with Crippen molar-refractivity contribution in [2.75, 3.05) is 7.11 Å². The van der Waals surface area contributed by atoms with Crippen LogP contribution in [0.5, 0.6) is 0 Å². The predicted octanol–water partition coefficient (Wildman–Crippen LogP) is 2.66. The Morgan fingerprint density at radius 1 is 1.53 bits per heavy atom. The summed E-state index contributed by atoms with van der Waals surface area (Å²) in [5, 5.41) is 2.86. The van der Waals surface area contributed by atoms with Crippen LogP contribution in [0.2, 0.25) is 0 Å². The third-order valence-corrected chi connectivity index (χ3v) is 4.24. The van der Waals surface area contributed by atoms with E-state index in [1.54, 1.807) is 7.11 Å². The van der Waals surface area contributed by atoms with Crippen LogP contribution >= 0.6 is 12.6 Å². The van der Waals surface area contributed by atoms with E-state index in [-0.39, 0.29) is 23.1 Å². The lowest BCUT2D eigenvalue weighted by Gasteiger charge is -2.51. The standard InChI is InChI=1S/C14H18FNO2S/c1-14(2)11(7-12(14)18-3)16-13(17)9-6-8(19)4-5-10(9)15/h4-6,11-12,19H,7H2,1-3H3,(H,16,17). The van der Waals surface area contributed by atoms with Crippen LogP contribution in [-0.2, 0) is 4.74 Å². The highest BCUT2D eigenvalue weighted by Crippen LogP contribution is 2.42. The van der Waals surface area contributed by atoms with E-state index in [0.29, 0.717) is 4.90 Å². The smallest absolute Gasteiger partial charge is 0.254 e. The molecule has 1 saturated carbocycles. The lowest BCUT2D eigenvalue weighted by molar-refractivity contribution is -0.0942. The van der Waals surface area contributed by atoms with Gasteiger partial charge in [0.1, 0.15) is 5.82 Å².